The Bertz CT molecular complexity index is 794. The Labute approximate surface area is 103 Å². The molecule has 0 N–H and O–H groups in total. The van der Waals surface area contributed by atoms with E-state index in [0.29, 0.717) is 27.7 Å². The van der Waals surface area contributed by atoms with Gasteiger partial charge in [-0.1, -0.05) is 24.3 Å². The fourth-order valence-electron chi connectivity index (χ4n) is 2.05. The smallest absolute Gasteiger partial charge is 0.321 e. The summed E-state index contributed by atoms with van der Waals surface area (Å²) < 4.78 is 10.9. The standard InChI is InChI=1S/C15H11O3/c1-17-15-11-7-3-2-6-10(11)14(16)12-8-4-5-9-13(12)18-15/h2-9H,1H3/q+1. The van der Waals surface area contributed by atoms with Gasteiger partial charge in [-0.25, -0.2) is 0 Å². The summed E-state index contributed by atoms with van der Waals surface area (Å²) in [5.74, 6) is 0.351. The monoisotopic (exact) mass is 239 g/mol. The molecule has 0 radical (unpaired) electrons. The van der Waals surface area contributed by atoms with Crippen LogP contribution in [0.3, 0.4) is 0 Å². The van der Waals surface area contributed by atoms with Crippen LogP contribution in [0, 0.1) is 0 Å². The summed E-state index contributed by atoms with van der Waals surface area (Å²) in [6.07, 6.45) is 0. The molecule has 88 valence electrons. The minimum atomic E-state index is -0.0479. The van der Waals surface area contributed by atoms with E-state index >= 15 is 0 Å². The molecule has 3 aromatic rings. The molecule has 0 bridgehead atoms. The molecule has 0 saturated carbocycles. The van der Waals surface area contributed by atoms with Gasteiger partial charge in [-0.2, -0.15) is 0 Å². The fourth-order valence-corrected chi connectivity index (χ4v) is 2.05. The lowest BCUT2D eigenvalue weighted by Crippen LogP contribution is -1.97. The molecule has 0 amide bonds. The van der Waals surface area contributed by atoms with Crippen LogP contribution in [0.15, 0.2) is 57.7 Å². The first-order valence-corrected chi connectivity index (χ1v) is 5.63. The number of para-hydroxylation sites is 1. The molecule has 18 heavy (non-hydrogen) atoms. The van der Waals surface area contributed by atoms with E-state index in [2.05, 4.69) is 0 Å². The Hall–Kier alpha value is -2.42. The van der Waals surface area contributed by atoms with Crippen molar-refractivity contribution >= 4 is 21.7 Å². The normalized spacial score (nSPS) is 10.7. The van der Waals surface area contributed by atoms with Gasteiger partial charge in [-0.15, -0.1) is 0 Å². The summed E-state index contributed by atoms with van der Waals surface area (Å²) in [5.41, 5.74) is 0.476. The predicted octanol–water partition coefficient (Wildman–Crippen LogP) is 3.24. The zero-order valence-electron chi connectivity index (χ0n) is 9.84. The van der Waals surface area contributed by atoms with Crippen LogP contribution in [-0.2, 0) is 0 Å². The minimum absolute atomic E-state index is 0.0479. The Balaban J connectivity index is 2.69. The largest absolute Gasteiger partial charge is 0.526 e. The third kappa shape index (κ3) is 1.52. The maximum absolute atomic E-state index is 12.4. The Morgan fingerprint density at radius 2 is 1.50 bits per heavy atom. The molecule has 3 heteroatoms. The van der Waals surface area contributed by atoms with Crippen molar-refractivity contribution in [2.75, 3.05) is 7.11 Å². The molecular formula is C15H11O3+. The van der Waals surface area contributed by atoms with E-state index < -0.39 is 0 Å². The third-order valence-electron chi connectivity index (χ3n) is 2.91. The summed E-state index contributed by atoms with van der Waals surface area (Å²) >= 11 is 0. The van der Waals surface area contributed by atoms with Crippen molar-refractivity contribution < 1.29 is 9.15 Å². The van der Waals surface area contributed by atoms with Gasteiger partial charge in [0.1, 0.15) is 5.39 Å². The van der Waals surface area contributed by atoms with Crippen molar-refractivity contribution in [3.63, 3.8) is 0 Å². The van der Waals surface area contributed by atoms with Gasteiger partial charge < -0.3 is 4.74 Å². The van der Waals surface area contributed by atoms with Crippen molar-refractivity contribution in [1.82, 2.24) is 0 Å². The average molecular weight is 239 g/mol. The van der Waals surface area contributed by atoms with E-state index in [-0.39, 0.29) is 5.43 Å². The number of ether oxygens (including phenoxy) is 1. The molecule has 0 spiro atoms. The summed E-state index contributed by atoms with van der Waals surface area (Å²) in [6, 6.07) is 14.4. The van der Waals surface area contributed by atoms with E-state index in [9.17, 15) is 4.79 Å². The number of rotatable bonds is 1. The molecule has 0 atom stereocenters. The SMILES string of the molecule is COc1[o+]c2ccccc2c(=O)c2ccccc12. The van der Waals surface area contributed by atoms with Crippen molar-refractivity contribution in [2.45, 2.75) is 0 Å². The van der Waals surface area contributed by atoms with E-state index in [4.69, 9.17) is 9.15 Å². The second-order valence-electron chi connectivity index (χ2n) is 3.96. The molecule has 0 aliphatic rings. The van der Waals surface area contributed by atoms with Crippen LogP contribution in [0.2, 0.25) is 0 Å². The first kappa shape index (κ1) is 10.7. The van der Waals surface area contributed by atoms with Gasteiger partial charge in [0.25, 0.3) is 5.58 Å². The van der Waals surface area contributed by atoms with Crippen LogP contribution in [0.4, 0.5) is 0 Å². The second kappa shape index (κ2) is 4.11. The maximum Gasteiger partial charge on any atom is 0.526 e. The average Bonchev–Trinajstić information content (AvgIpc) is 2.55. The van der Waals surface area contributed by atoms with Gasteiger partial charge >= 0.3 is 5.95 Å². The lowest BCUT2D eigenvalue weighted by Gasteiger charge is -1.87. The molecule has 3 nitrogen and oxygen atoms in total. The third-order valence-corrected chi connectivity index (χ3v) is 2.91. The topological polar surface area (TPSA) is 37.6 Å². The molecule has 0 aliphatic carbocycles. The molecule has 2 aromatic carbocycles. The van der Waals surface area contributed by atoms with Gasteiger partial charge in [0, 0.05) is 11.5 Å². The number of benzene rings is 2. The van der Waals surface area contributed by atoms with Crippen LogP contribution in [0.5, 0.6) is 5.95 Å². The first-order chi connectivity index (χ1) is 8.81. The molecule has 0 fully saturated rings. The lowest BCUT2D eigenvalue weighted by atomic mass is 10.1. The van der Waals surface area contributed by atoms with Crippen molar-refractivity contribution in [3.8, 4) is 5.95 Å². The zero-order valence-corrected chi connectivity index (χ0v) is 9.84. The van der Waals surface area contributed by atoms with Gasteiger partial charge in [-0.3, -0.25) is 9.21 Å². The van der Waals surface area contributed by atoms with Crippen LogP contribution < -0.4 is 10.2 Å². The van der Waals surface area contributed by atoms with Crippen LogP contribution in [0.1, 0.15) is 0 Å². The highest BCUT2D eigenvalue weighted by atomic mass is 16.6. The molecule has 1 heterocycles. The molecular weight excluding hydrogens is 228 g/mol. The lowest BCUT2D eigenvalue weighted by molar-refractivity contribution is 0.318. The summed E-state index contributed by atoms with van der Waals surface area (Å²) in [4.78, 5) is 12.4. The highest BCUT2D eigenvalue weighted by molar-refractivity contribution is 5.92. The highest BCUT2D eigenvalue weighted by Gasteiger charge is 2.17. The Morgan fingerprint density at radius 3 is 2.22 bits per heavy atom. The number of hydrogen-bond acceptors (Lipinski definition) is 2. The van der Waals surface area contributed by atoms with Gasteiger partial charge in [0.15, 0.2) is 7.11 Å². The predicted molar refractivity (Wildman–Crippen MR) is 70.9 cm³/mol. The van der Waals surface area contributed by atoms with Crippen LogP contribution in [-0.4, -0.2) is 7.11 Å². The summed E-state index contributed by atoms with van der Waals surface area (Å²) in [7, 11) is 1.53. The molecule has 0 aliphatic heterocycles. The Morgan fingerprint density at radius 1 is 0.889 bits per heavy atom. The van der Waals surface area contributed by atoms with E-state index in [1.54, 1.807) is 18.2 Å². The van der Waals surface area contributed by atoms with E-state index in [0.717, 1.165) is 0 Å². The van der Waals surface area contributed by atoms with E-state index in [1.165, 1.54) is 7.11 Å². The number of fused-ring (bicyclic) bond motifs is 2. The minimum Gasteiger partial charge on any atom is -0.321 e. The molecule has 0 saturated heterocycles. The maximum atomic E-state index is 12.4. The fraction of sp³-hybridized carbons (Fsp3) is 0.0667. The van der Waals surface area contributed by atoms with E-state index in [1.807, 2.05) is 30.3 Å². The molecule has 1 aromatic heterocycles. The number of hydrogen-bond donors (Lipinski definition) is 0. The highest BCUT2D eigenvalue weighted by Crippen LogP contribution is 2.25. The van der Waals surface area contributed by atoms with Crippen LogP contribution in [0.25, 0.3) is 21.7 Å². The van der Waals surface area contributed by atoms with Gasteiger partial charge in [0.2, 0.25) is 5.43 Å². The zero-order chi connectivity index (χ0) is 12.5. The second-order valence-corrected chi connectivity index (χ2v) is 3.96. The Kier molecular flexibility index (Phi) is 2.45. The quantitative estimate of drug-likeness (QED) is 0.612. The van der Waals surface area contributed by atoms with Crippen molar-refractivity contribution in [2.24, 2.45) is 0 Å². The van der Waals surface area contributed by atoms with Crippen LogP contribution >= 0.6 is 0 Å². The molecule has 0 unspecified atom stereocenters. The molecule has 3 rings (SSSR count). The first-order valence-electron chi connectivity index (χ1n) is 5.63. The summed E-state index contributed by atoms with van der Waals surface area (Å²) in [5, 5.41) is 1.83. The number of methoxy groups -OCH3 is 1. The van der Waals surface area contributed by atoms with Gasteiger partial charge in [-0.05, 0) is 18.2 Å². The van der Waals surface area contributed by atoms with Crippen molar-refractivity contribution in [3.05, 3.63) is 58.8 Å². The van der Waals surface area contributed by atoms with Gasteiger partial charge in [0.05, 0.1) is 5.39 Å². The summed E-state index contributed by atoms with van der Waals surface area (Å²) in [6.45, 7) is 0. The van der Waals surface area contributed by atoms with Crippen molar-refractivity contribution in [1.29, 1.82) is 0 Å².